The first-order valence-electron chi connectivity index (χ1n) is 19.2. The molecule has 8 aromatic carbocycles. The molecule has 0 saturated heterocycles. The summed E-state index contributed by atoms with van der Waals surface area (Å²) in [5.74, 6) is 0. The predicted molar refractivity (Wildman–Crippen MR) is 235 cm³/mol. The molecule has 10 rings (SSSR count). The Bertz CT molecular complexity index is 3250. The van der Waals surface area contributed by atoms with Crippen LogP contribution in [0.5, 0.6) is 0 Å². The van der Waals surface area contributed by atoms with Gasteiger partial charge in [-0.05, 0) is 108 Å². The van der Waals surface area contributed by atoms with Crippen LogP contribution >= 0.6 is 0 Å². The number of aryl methyl sites for hydroxylation is 2. The molecule has 0 amide bonds. The molecular weight excluding hydrogens is 707 g/mol. The topological polar surface area (TPSA) is 81.2 Å². The van der Waals surface area contributed by atoms with Crippen LogP contribution in [0.2, 0.25) is 0 Å². The van der Waals surface area contributed by atoms with Crippen LogP contribution in [0.25, 0.3) is 88.4 Å². The quantitative estimate of drug-likeness (QED) is 0.176. The van der Waals surface area contributed by atoms with Crippen LogP contribution in [0, 0.1) is 47.8 Å². The van der Waals surface area contributed by atoms with Crippen molar-refractivity contribution in [1.82, 2.24) is 9.13 Å². The molecule has 2 heterocycles. The fraction of sp³-hybridized carbons (Fsp3) is 0.0377. The number of aromatic nitrogens is 2. The van der Waals surface area contributed by atoms with E-state index in [9.17, 15) is 15.8 Å². The van der Waals surface area contributed by atoms with E-state index >= 15 is 0 Å². The summed E-state index contributed by atoms with van der Waals surface area (Å²) in [5.41, 5.74) is 15.1. The summed E-state index contributed by atoms with van der Waals surface area (Å²) in [5, 5.41) is 35.6. The van der Waals surface area contributed by atoms with Crippen LogP contribution in [0.3, 0.4) is 0 Å². The molecule has 0 fully saturated rings. The molecular formula is C53H33N5. The van der Waals surface area contributed by atoms with E-state index in [1.165, 1.54) is 11.1 Å². The maximum absolute atomic E-state index is 10.8. The maximum Gasteiger partial charge on any atom is 0.0993 e. The van der Waals surface area contributed by atoms with Gasteiger partial charge in [-0.2, -0.15) is 15.8 Å². The van der Waals surface area contributed by atoms with Crippen LogP contribution in [0.15, 0.2) is 164 Å². The van der Waals surface area contributed by atoms with Crippen molar-refractivity contribution in [3.8, 4) is 63.0 Å². The first kappa shape index (κ1) is 34.3. The second-order valence-electron chi connectivity index (χ2n) is 14.9. The minimum atomic E-state index is 0.380. The van der Waals surface area contributed by atoms with Gasteiger partial charge in [-0.25, -0.2) is 0 Å². The number of rotatable bonds is 5. The summed E-state index contributed by atoms with van der Waals surface area (Å²) in [6, 6.07) is 63.2. The fourth-order valence-corrected chi connectivity index (χ4v) is 8.70. The average molecular weight is 740 g/mol. The molecule has 0 radical (unpaired) electrons. The summed E-state index contributed by atoms with van der Waals surface area (Å²) in [6.07, 6.45) is 0. The monoisotopic (exact) mass is 739 g/mol. The minimum Gasteiger partial charge on any atom is -0.308 e. The zero-order valence-electron chi connectivity index (χ0n) is 31.8. The second-order valence-corrected chi connectivity index (χ2v) is 14.9. The summed E-state index contributed by atoms with van der Waals surface area (Å²) >= 11 is 0. The Morgan fingerprint density at radius 3 is 1.21 bits per heavy atom. The van der Waals surface area contributed by atoms with Gasteiger partial charge in [0.2, 0.25) is 0 Å². The Balaban J connectivity index is 1.34. The smallest absolute Gasteiger partial charge is 0.0993 e. The van der Waals surface area contributed by atoms with Crippen molar-refractivity contribution in [3.05, 3.63) is 192 Å². The molecule has 10 aromatic rings. The number of hydrogen-bond acceptors (Lipinski definition) is 3. The SMILES string of the molecule is Cc1cccc(-c2ccc3c(c2)c2ccccc2n3-c2cc(C#N)cc(-n3c4ccccc4c4cc(-c5cccc(C)c5)ccc43)c2-c2cc(C#N)cc(C#N)c2)c1. The molecule has 270 valence electrons. The predicted octanol–water partition coefficient (Wildman–Crippen LogP) is 13.1. The van der Waals surface area contributed by atoms with Gasteiger partial charge in [0, 0.05) is 27.1 Å². The number of benzene rings is 8. The summed E-state index contributed by atoms with van der Waals surface area (Å²) in [7, 11) is 0. The molecule has 5 nitrogen and oxygen atoms in total. The first-order chi connectivity index (χ1) is 28.4. The van der Waals surface area contributed by atoms with E-state index in [0.717, 1.165) is 82.8 Å². The van der Waals surface area contributed by atoms with Crippen molar-refractivity contribution in [2.24, 2.45) is 0 Å². The van der Waals surface area contributed by atoms with Gasteiger partial charge in [0.15, 0.2) is 0 Å². The fourth-order valence-electron chi connectivity index (χ4n) is 8.70. The molecule has 58 heavy (non-hydrogen) atoms. The zero-order valence-corrected chi connectivity index (χ0v) is 31.8. The molecule has 0 bridgehead atoms. The molecule has 2 aromatic heterocycles. The Labute approximate surface area is 335 Å². The van der Waals surface area contributed by atoms with Crippen molar-refractivity contribution in [2.75, 3.05) is 0 Å². The largest absolute Gasteiger partial charge is 0.308 e. The van der Waals surface area contributed by atoms with Gasteiger partial charge < -0.3 is 9.13 Å². The van der Waals surface area contributed by atoms with Gasteiger partial charge in [-0.15, -0.1) is 0 Å². The average Bonchev–Trinajstić information content (AvgIpc) is 3.77. The molecule has 0 aliphatic carbocycles. The standard InChI is InChI=1S/C53H33N5/c1-33-9-7-11-38(21-33)40-17-19-49-45(28-40)43-13-3-5-15-47(43)57(49)51-26-37(32-56)27-52(53(51)42-24-35(30-54)23-36(25-42)31-55)58-48-16-6-4-14-44(48)46-29-41(18-20-50(46)58)39-12-8-10-34(2)22-39/h3-29H,1-2H3. The lowest BCUT2D eigenvalue weighted by Gasteiger charge is -2.21. The van der Waals surface area contributed by atoms with E-state index in [1.807, 2.05) is 36.4 Å². The Morgan fingerprint density at radius 1 is 0.345 bits per heavy atom. The van der Waals surface area contributed by atoms with Gasteiger partial charge in [0.25, 0.3) is 0 Å². The van der Waals surface area contributed by atoms with Gasteiger partial charge in [-0.3, -0.25) is 0 Å². The molecule has 5 heteroatoms. The van der Waals surface area contributed by atoms with E-state index in [4.69, 9.17) is 0 Å². The highest BCUT2D eigenvalue weighted by Gasteiger charge is 2.24. The van der Waals surface area contributed by atoms with Crippen LogP contribution in [-0.2, 0) is 0 Å². The van der Waals surface area contributed by atoms with Crippen LogP contribution in [0.1, 0.15) is 27.8 Å². The molecule has 0 aliphatic heterocycles. The van der Waals surface area contributed by atoms with Crippen LogP contribution < -0.4 is 0 Å². The van der Waals surface area contributed by atoms with Gasteiger partial charge >= 0.3 is 0 Å². The lowest BCUT2D eigenvalue weighted by molar-refractivity contribution is 1.13. The first-order valence-corrected chi connectivity index (χ1v) is 19.2. The third-order valence-electron chi connectivity index (χ3n) is 11.2. The van der Waals surface area contributed by atoms with Crippen LogP contribution in [0.4, 0.5) is 0 Å². The third kappa shape index (κ3) is 5.52. The maximum atomic E-state index is 10.8. The van der Waals surface area contributed by atoms with Crippen molar-refractivity contribution in [2.45, 2.75) is 13.8 Å². The van der Waals surface area contributed by atoms with Gasteiger partial charge in [0.1, 0.15) is 0 Å². The number of nitriles is 3. The van der Waals surface area contributed by atoms with E-state index in [2.05, 4.69) is 163 Å². The third-order valence-corrected chi connectivity index (χ3v) is 11.2. The summed E-state index contributed by atoms with van der Waals surface area (Å²) in [4.78, 5) is 0. The number of nitrogens with zero attached hydrogens (tertiary/aromatic N) is 5. The Hall–Kier alpha value is -8.17. The Morgan fingerprint density at radius 2 is 0.759 bits per heavy atom. The minimum absolute atomic E-state index is 0.380. The molecule has 0 aliphatic rings. The summed E-state index contributed by atoms with van der Waals surface area (Å²) in [6.45, 7) is 4.21. The van der Waals surface area contributed by atoms with Crippen molar-refractivity contribution in [1.29, 1.82) is 15.8 Å². The summed E-state index contributed by atoms with van der Waals surface area (Å²) < 4.78 is 4.47. The molecule has 0 unspecified atom stereocenters. The number of para-hydroxylation sites is 2. The molecule has 0 saturated carbocycles. The number of fused-ring (bicyclic) bond motifs is 6. The lowest BCUT2D eigenvalue weighted by atomic mass is 9.95. The lowest BCUT2D eigenvalue weighted by Crippen LogP contribution is -2.05. The van der Waals surface area contributed by atoms with Gasteiger partial charge in [-0.1, -0.05) is 108 Å². The van der Waals surface area contributed by atoms with Crippen LogP contribution in [-0.4, -0.2) is 9.13 Å². The van der Waals surface area contributed by atoms with Crippen molar-refractivity contribution in [3.63, 3.8) is 0 Å². The van der Waals surface area contributed by atoms with E-state index in [-0.39, 0.29) is 0 Å². The van der Waals surface area contributed by atoms with Gasteiger partial charge in [0.05, 0.1) is 68.3 Å². The number of hydrogen-bond donors (Lipinski definition) is 0. The highest BCUT2D eigenvalue weighted by Crippen LogP contribution is 2.44. The molecule has 0 atom stereocenters. The Kier molecular flexibility index (Phi) is 8.01. The highest BCUT2D eigenvalue weighted by molar-refractivity contribution is 6.13. The van der Waals surface area contributed by atoms with E-state index in [1.54, 1.807) is 6.07 Å². The second kappa shape index (κ2) is 13.5. The van der Waals surface area contributed by atoms with Crippen molar-refractivity contribution >= 4 is 43.6 Å². The van der Waals surface area contributed by atoms with Crippen molar-refractivity contribution < 1.29 is 0 Å². The normalized spacial score (nSPS) is 11.2. The highest BCUT2D eigenvalue weighted by atomic mass is 15.0. The molecule has 0 N–H and O–H groups in total. The molecule has 0 spiro atoms. The zero-order chi connectivity index (χ0) is 39.5. The van der Waals surface area contributed by atoms with E-state index < -0.39 is 0 Å². The van der Waals surface area contributed by atoms with E-state index in [0.29, 0.717) is 22.3 Å².